The Morgan fingerprint density at radius 3 is 2.48 bits per heavy atom. The van der Waals surface area contributed by atoms with Crippen LogP contribution < -0.4 is 0 Å². The fourth-order valence-corrected chi connectivity index (χ4v) is 4.07. The van der Waals surface area contributed by atoms with Crippen molar-refractivity contribution in [2.75, 3.05) is 19.7 Å². The largest absolute Gasteiger partial charge is 0.481 e. The molecule has 0 aromatic heterocycles. The van der Waals surface area contributed by atoms with Crippen LogP contribution >= 0.6 is 0 Å². The van der Waals surface area contributed by atoms with Gasteiger partial charge in [-0.15, -0.1) is 0 Å². The van der Waals surface area contributed by atoms with Gasteiger partial charge in [-0.3, -0.25) is 9.59 Å². The van der Waals surface area contributed by atoms with E-state index in [9.17, 15) is 9.59 Å². The van der Waals surface area contributed by atoms with Crippen LogP contribution in [0.3, 0.4) is 0 Å². The van der Waals surface area contributed by atoms with Crippen LogP contribution in [0.1, 0.15) is 50.0 Å². The molecule has 1 saturated heterocycles. The molecular weight excluding hydrogens is 318 g/mol. The Bertz CT molecular complexity index is 581. The van der Waals surface area contributed by atoms with E-state index in [2.05, 4.69) is 24.3 Å². The molecule has 2 fully saturated rings. The lowest BCUT2D eigenvalue weighted by molar-refractivity contribution is -0.148. The fourth-order valence-electron chi connectivity index (χ4n) is 4.07. The topological polar surface area (TPSA) is 66.8 Å². The number of carboxylic acids is 1. The van der Waals surface area contributed by atoms with Crippen LogP contribution in [-0.2, 0) is 14.3 Å². The zero-order valence-corrected chi connectivity index (χ0v) is 14.6. The quantitative estimate of drug-likeness (QED) is 0.891. The van der Waals surface area contributed by atoms with E-state index in [0.717, 1.165) is 25.7 Å². The molecule has 5 nitrogen and oxygen atoms in total. The first-order chi connectivity index (χ1) is 12.1. The molecule has 1 aliphatic heterocycles. The summed E-state index contributed by atoms with van der Waals surface area (Å²) in [6.07, 6.45) is 4.65. The van der Waals surface area contributed by atoms with Crippen molar-refractivity contribution < 1.29 is 19.4 Å². The molecule has 1 N–H and O–H groups in total. The molecule has 0 spiro atoms. The summed E-state index contributed by atoms with van der Waals surface area (Å²) in [5, 5.41) is 8.89. The zero-order chi connectivity index (χ0) is 17.6. The number of hydrogen-bond acceptors (Lipinski definition) is 3. The molecule has 136 valence electrons. The summed E-state index contributed by atoms with van der Waals surface area (Å²) in [4.78, 5) is 25.2. The van der Waals surface area contributed by atoms with Crippen molar-refractivity contribution in [3.05, 3.63) is 35.9 Å². The van der Waals surface area contributed by atoms with E-state index in [1.165, 1.54) is 5.56 Å². The summed E-state index contributed by atoms with van der Waals surface area (Å²) in [5.74, 6) is 0.351. The SMILES string of the molecule is O=C(O)C[C@@H]1CN(C(=O)CC2CCC(c3ccccc3)CC2)CCO1. The molecule has 5 heteroatoms. The molecule has 1 aromatic rings. The van der Waals surface area contributed by atoms with Crippen molar-refractivity contribution in [3.8, 4) is 0 Å². The number of amides is 1. The Balaban J connectivity index is 1.45. The molecule has 1 saturated carbocycles. The maximum absolute atomic E-state index is 12.6. The Kier molecular flexibility index (Phi) is 6.08. The van der Waals surface area contributed by atoms with Gasteiger partial charge in [-0.05, 0) is 43.1 Å². The second-order valence-corrected chi connectivity index (χ2v) is 7.26. The molecule has 3 rings (SSSR count). The zero-order valence-electron chi connectivity index (χ0n) is 14.6. The first-order valence-corrected chi connectivity index (χ1v) is 9.28. The number of carbonyl (C=O) groups is 2. The maximum atomic E-state index is 12.6. The third-order valence-corrected chi connectivity index (χ3v) is 5.47. The number of nitrogens with zero attached hydrogens (tertiary/aromatic N) is 1. The van der Waals surface area contributed by atoms with Gasteiger partial charge in [-0.1, -0.05) is 30.3 Å². The summed E-state index contributed by atoms with van der Waals surface area (Å²) in [6.45, 7) is 1.42. The van der Waals surface area contributed by atoms with Crippen LogP contribution in [0, 0.1) is 5.92 Å². The minimum absolute atomic E-state index is 0.0357. The molecule has 0 radical (unpaired) electrons. The van der Waals surface area contributed by atoms with Crippen molar-refractivity contribution in [3.63, 3.8) is 0 Å². The van der Waals surface area contributed by atoms with E-state index >= 15 is 0 Å². The van der Waals surface area contributed by atoms with Crippen molar-refractivity contribution in [1.82, 2.24) is 4.90 Å². The summed E-state index contributed by atoms with van der Waals surface area (Å²) >= 11 is 0. The Morgan fingerprint density at radius 1 is 1.08 bits per heavy atom. The number of aliphatic carboxylic acids is 1. The van der Waals surface area contributed by atoms with Gasteiger partial charge in [0.25, 0.3) is 0 Å². The molecular formula is C20H27NO4. The van der Waals surface area contributed by atoms with E-state index in [-0.39, 0.29) is 18.4 Å². The number of carbonyl (C=O) groups excluding carboxylic acids is 1. The summed E-state index contributed by atoms with van der Waals surface area (Å²) in [5.41, 5.74) is 1.41. The van der Waals surface area contributed by atoms with Gasteiger partial charge in [-0.25, -0.2) is 0 Å². The van der Waals surface area contributed by atoms with E-state index in [1.54, 1.807) is 4.90 Å². The Hall–Kier alpha value is -1.88. The first kappa shape index (κ1) is 17.9. The second-order valence-electron chi connectivity index (χ2n) is 7.26. The summed E-state index contributed by atoms with van der Waals surface area (Å²) < 4.78 is 5.45. The van der Waals surface area contributed by atoms with Gasteiger partial charge < -0.3 is 14.7 Å². The van der Waals surface area contributed by atoms with Crippen molar-refractivity contribution in [2.45, 2.75) is 50.5 Å². The lowest BCUT2D eigenvalue weighted by Gasteiger charge is -2.34. The smallest absolute Gasteiger partial charge is 0.306 e. The molecule has 1 aliphatic carbocycles. The third-order valence-electron chi connectivity index (χ3n) is 5.47. The van der Waals surface area contributed by atoms with Gasteiger partial charge in [0.1, 0.15) is 0 Å². The number of carboxylic acid groups (broad SMARTS) is 1. The van der Waals surface area contributed by atoms with Crippen LogP contribution in [-0.4, -0.2) is 47.7 Å². The molecule has 1 heterocycles. The number of morpholine rings is 1. The van der Waals surface area contributed by atoms with E-state index in [4.69, 9.17) is 9.84 Å². The second kappa shape index (κ2) is 8.48. The van der Waals surface area contributed by atoms with Crippen molar-refractivity contribution in [1.29, 1.82) is 0 Å². The third kappa shape index (κ3) is 5.05. The number of rotatable bonds is 5. The molecule has 25 heavy (non-hydrogen) atoms. The predicted molar refractivity (Wildman–Crippen MR) is 94.3 cm³/mol. The van der Waals surface area contributed by atoms with Gasteiger partial charge in [0, 0.05) is 19.5 Å². The monoisotopic (exact) mass is 345 g/mol. The van der Waals surface area contributed by atoms with Crippen molar-refractivity contribution >= 4 is 11.9 Å². The highest BCUT2D eigenvalue weighted by Crippen LogP contribution is 2.37. The average molecular weight is 345 g/mol. The number of ether oxygens (including phenoxy) is 1. The normalized spacial score (nSPS) is 27.0. The standard InChI is InChI=1S/C20H27NO4/c22-19(21-10-11-25-18(14-21)13-20(23)24)12-15-6-8-17(9-7-15)16-4-2-1-3-5-16/h1-5,15,17-18H,6-14H2,(H,23,24)/t15?,17?,18-/m1/s1. The van der Waals surface area contributed by atoms with E-state index < -0.39 is 5.97 Å². The fraction of sp³-hybridized carbons (Fsp3) is 0.600. The minimum Gasteiger partial charge on any atom is -0.481 e. The molecule has 2 aliphatic rings. The van der Waals surface area contributed by atoms with Crippen LogP contribution in [0.4, 0.5) is 0 Å². The molecule has 1 amide bonds. The lowest BCUT2D eigenvalue weighted by atomic mass is 9.77. The van der Waals surface area contributed by atoms with Gasteiger partial charge in [0.05, 0.1) is 19.1 Å². The van der Waals surface area contributed by atoms with Crippen molar-refractivity contribution in [2.24, 2.45) is 5.92 Å². The summed E-state index contributed by atoms with van der Waals surface area (Å²) in [7, 11) is 0. The van der Waals surface area contributed by atoms with Crippen LogP contribution in [0.25, 0.3) is 0 Å². The Morgan fingerprint density at radius 2 is 1.80 bits per heavy atom. The van der Waals surface area contributed by atoms with Crippen LogP contribution in [0.2, 0.25) is 0 Å². The van der Waals surface area contributed by atoms with Crippen LogP contribution in [0.5, 0.6) is 0 Å². The first-order valence-electron chi connectivity index (χ1n) is 9.28. The van der Waals surface area contributed by atoms with Gasteiger partial charge in [-0.2, -0.15) is 0 Å². The van der Waals surface area contributed by atoms with E-state index in [0.29, 0.717) is 38.0 Å². The minimum atomic E-state index is -0.876. The molecule has 1 atom stereocenters. The number of hydrogen-bond donors (Lipinski definition) is 1. The maximum Gasteiger partial charge on any atom is 0.306 e. The predicted octanol–water partition coefficient (Wildman–Crippen LogP) is 3.05. The molecule has 0 unspecified atom stereocenters. The van der Waals surface area contributed by atoms with Gasteiger partial charge >= 0.3 is 5.97 Å². The summed E-state index contributed by atoms with van der Waals surface area (Å²) in [6, 6.07) is 10.6. The average Bonchev–Trinajstić information content (AvgIpc) is 2.63. The van der Waals surface area contributed by atoms with E-state index in [1.807, 2.05) is 6.07 Å². The highest BCUT2D eigenvalue weighted by Gasteiger charge is 2.29. The van der Waals surface area contributed by atoms with Crippen LogP contribution in [0.15, 0.2) is 30.3 Å². The number of benzene rings is 1. The Labute approximate surface area is 149 Å². The molecule has 1 aromatic carbocycles. The highest BCUT2D eigenvalue weighted by atomic mass is 16.5. The highest BCUT2D eigenvalue weighted by molar-refractivity contribution is 5.76. The lowest BCUT2D eigenvalue weighted by Crippen LogP contribution is -2.46. The van der Waals surface area contributed by atoms with Gasteiger partial charge in [0.15, 0.2) is 0 Å². The molecule has 0 bridgehead atoms. The van der Waals surface area contributed by atoms with Gasteiger partial charge in [0.2, 0.25) is 5.91 Å².